The lowest BCUT2D eigenvalue weighted by atomic mass is 10.1. The van der Waals surface area contributed by atoms with E-state index in [-0.39, 0.29) is 29.8 Å². The van der Waals surface area contributed by atoms with Crippen LogP contribution in [0.1, 0.15) is 29.2 Å². The Morgan fingerprint density at radius 3 is 2.53 bits per heavy atom. The predicted octanol–water partition coefficient (Wildman–Crippen LogP) is 4.39. The van der Waals surface area contributed by atoms with E-state index in [1.807, 2.05) is 12.3 Å². The maximum absolute atomic E-state index is 13.6. The summed E-state index contributed by atoms with van der Waals surface area (Å²) in [6.07, 6.45) is 2.03. The van der Waals surface area contributed by atoms with E-state index in [0.29, 0.717) is 13.1 Å². The van der Waals surface area contributed by atoms with Gasteiger partial charge in [0.1, 0.15) is 5.82 Å². The van der Waals surface area contributed by atoms with Crippen LogP contribution in [0.3, 0.4) is 0 Å². The number of rotatable bonds is 9. The lowest BCUT2D eigenvalue weighted by molar-refractivity contribution is 0.0341. The molecule has 0 atom stereocenters. The number of nitrogens with one attached hydrogen (secondary N) is 2. The van der Waals surface area contributed by atoms with E-state index in [1.54, 1.807) is 17.8 Å². The fourth-order valence-electron chi connectivity index (χ4n) is 3.61. The largest absolute Gasteiger partial charge is 0.379 e. The van der Waals surface area contributed by atoms with Crippen molar-refractivity contribution in [1.82, 2.24) is 15.5 Å². The topological polar surface area (TPSA) is 48.9 Å². The highest BCUT2D eigenvalue weighted by Crippen LogP contribution is 2.17. The van der Waals surface area contributed by atoms with Gasteiger partial charge in [-0.15, -0.1) is 24.0 Å². The molecule has 1 aliphatic heterocycles. The van der Waals surface area contributed by atoms with Crippen molar-refractivity contribution in [3.05, 3.63) is 70.5 Å². The molecule has 0 saturated carbocycles. The first kappa shape index (κ1) is 26.9. The third kappa shape index (κ3) is 8.53. The van der Waals surface area contributed by atoms with E-state index in [0.717, 1.165) is 62.2 Å². The second-order valence-electron chi connectivity index (χ2n) is 7.55. The van der Waals surface area contributed by atoms with Crippen LogP contribution in [0.5, 0.6) is 0 Å². The van der Waals surface area contributed by atoms with Gasteiger partial charge >= 0.3 is 0 Å². The van der Waals surface area contributed by atoms with Gasteiger partial charge in [0.25, 0.3) is 0 Å². The summed E-state index contributed by atoms with van der Waals surface area (Å²) in [5.74, 6) is 1.37. The van der Waals surface area contributed by atoms with Crippen molar-refractivity contribution in [2.24, 2.45) is 4.99 Å². The minimum atomic E-state index is -0.190. The molecule has 1 fully saturated rings. The van der Waals surface area contributed by atoms with Gasteiger partial charge in [-0.2, -0.15) is 11.8 Å². The summed E-state index contributed by atoms with van der Waals surface area (Å²) in [6.45, 7) is 8.52. The minimum Gasteiger partial charge on any atom is -0.379 e. The highest BCUT2D eigenvalue weighted by atomic mass is 127. The zero-order valence-corrected chi connectivity index (χ0v) is 22.0. The molecule has 176 valence electrons. The lowest BCUT2D eigenvalue weighted by Crippen LogP contribution is -2.37. The standard InChI is InChI=1S/C24H33FN4OS.HI/c1-3-26-24(28-16-20-8-9-23(25)14-22(20)18-31-2)27-15-19-6-4-5-7-21(19)17-29-10-12-30-13-11-29;/h4-9,14H,3,10-13,15-18H2,1-2H3,(H2,26,27,28);1H. The molecule has 0 bridgehead atoms. The molecule has 32 heavy (non-hydrogen) atoms. The fraction of sp³-hybridized carbons (Fsp3) is 0.458. The monoisotopic (exact) mass is 572 g/mol. The normalized spacial score (nSPS) is 14.7. The first-order valence-electron chi connectivity index (χ1n) is 10.8. The summed E-state index contributed by atoms with van der Waals surface area (Å²) in [5.41, 5.74) is 4.65. The predicted molar refractivity (Wildman–Crippen MR) is 143 cm³/mol. The van der Waals surface area contributed by atoms with Gasteiger partial charge in [-0.1, -0.05) is 30.3 Å². The van der Waals surface area contributed by atoms with Crippen LogP contribution < -0.4 is 10.6 Å². The average Bonchev–Trinajstić information content (AvgIpc) is 2.78. The van der Waals surface area contributed by atoms with Gasteiger partial charge in [-0.25, -0.2) is 9.38 Å². The number of hydrogen-bond acceptors (Lipinski definition) is 4. The third-order valence-electron chi connectivity index (χ3n) is 5.28. The Kier molecular flexibility index (Phi) is 12.4. The number of benzene rings is 2. The summed E-state index contributed by atoms with van der Waals surface area (Å²) in [7, 11) is 0. The zero-order valence-electron chi connectivity index (χ0n) is 18.9. The number of aliphatic imine (C=N–C) groups is 1. The molecule has 1 aliphatic rings. The second kappa shape index (κ2) is 14.7. The summed E-state index contributed by atoms with van der Waals surface area (Å²) in [4.78, 5) is 7.25. The number of ether oxygens (including phenoxy) is 1. The van der Waals surface area contributed by atoms with Crippen LogP contribution in [0, 0.1) is 5.82 Å². The SMILES string of the molecule is CCNC(=NCc1ccccc1CN1CCOCC1)NCc1ccc(F)cc1CSC.I. The Morgan fingerprint density at radius 1 is 1.06 bits per heavy atom. The van der Waals surface area contributed by atoms with Crippen molar-refractivity contribution in [1.29, 1.82) is 0 Å². The van der Waals surface area contributed by atoms with Crippen LogP contribution in [-0.2, 0) is 30.1 Å². The quantitative estimate of drug-likeness (QED) is 0.265. The number of morpholine rings is 1. The molecule has 3 rings (SSSR count). The van der Waals surface area contributed by atoms with Crippen LogP contribution in [0.4, 0.5) is 4.39 Å². The number of thioether (sulfide) groups is 1. The van der Waals surface area contributed by atoms with Crippen LogP contribution in [-0.4, -0.2) is 50.0 Å². The summed E-state index contributed by atoms with van der Waals surface area (Å²) in [6, 6.07) is 13.5. The minimum absolute atomic E-state index is 0. The highest BCUT2D eigenvalue weighted by molar-refractivity contribution is 14.0. The van der Waals surface area contributed by atoms with Crippen molar-refractivity contribution in [3.63, 3.8) is 0 Å². The molecule has 1 saturated heterocycles. The molecule has 8 heteroatoms. The van der Waals surface area contributed by atoms with Gasteiger partial charge in [-0.3, -0.25) is 4.90 Å². The van der Waals surface area contributed by atoms with Gasteiger partial charge in [0, 0.05) is 38.5 Å². The van der Waals surface area contributed by atoms with E-state index in [2.05, 4.69) is 46.7 Å². The molecular weight excluding hydrogens is 538 g/mol. The number of guanidine groups is 1. The Labute approximate surface area is 212 Å². The van der Waals surface area contributed by atoms with Crippen molar-refractivity contribution in [3.8, 4) is 0 Å². The summed E-state index contributed by atoms with van der Waals surface area (Å²) < 4.78 is 19.1. The van der Waals surface area contributed by atoms with E-state index in [9.17, 15) is 4.39 Å². The van der Waals surface area contributed by atoms with E-state index in [1.165, 1.54) is 17.2 Å². The molecule has 2 aromatic rings. The Morgan fingerprint density at radius 2 is 1.81 bits per heavy atom. The Balaban J connectivity index is 0.00000363. The molecular formula is C24H34FIN4OS. The van der Waals surface area contributed by atoms with Crippen molar-refractivity contribution in [2.75, 3.05) is 39.1 Å². The first-order chi connectivity index (χ1) is 15.2. The van der Waals surface area contributed by atoms with Gasteiger partial charge in [0.05, 0.1) is 19.8 Å². The van der Waals surface area contributed by atoms with Crippen LogP contribution in [0.2, 0.25) is 0 Å². The Bertz CT molecular complexity index is 862. The van der Waals surface area contributed by atoms with Gasteiger partial charge < -0.3 is 15.4 Å². The maximum Gasteiger partial charge on any atom is 0.191 e. The van der Waals surface area contributed by atoms with E-state index >= 15 is 0 Å². The van der Waals surface area contributed by atoms with Gasteiger partial charge in [0.2, 0.25) is 0 Å². The molecule has 0 aromatic heterocycles. The van der Waals surface area contributed by atoms with Crippen molar-refractivity contribution in [2.45, 2.75) is 32.3 Å². The number of nitrogens with zero attached hydrogens (tertiary/aromatic N) is 2. The van der Waals surface area contributed by atoms with Crippen LogP contribution in [0.15, 0.2) is 47.5 Å². The van der Waals surface area contributed by atoms with Crippen LogP contribution in [0.25, 0.3) is 0 Å². The molecule has 2 aromatic carbocycles. The molecule has 2 N–H and O–H groups in total. The molecule has 5 nitrogen and oxygen atoms in total. The number of halogens is 2. The van der Waals surface area contributed by atoms with Crippen molar-refractivity contribution < 1.29 is 9.13 Å². The zero-order chi connectivity index (χ0) is 21.9. The molecule has 0 spiro atoms. The highest BCUT2D eigenvalue weighted by Gasteiger charge is 2.13. The van der Waals surface area contributed by atoms with Gasteiger partial charge in [-0.05, 0) is 47.6 Å². The molecule has 1 heterocycles. The first-order valence-corrected chi connectivity index (χ1v) is 12.2. The molecule has 0 amide bonds. The van der Waals surface area contributed by atoms with Gasteiger partial charge in [0.15, 0.2) is 5.96 Å². The molecule has 0 radical (unpaired) electrons. The fourth-order valence-corrected chi connectivity index (χ4v) is 4.19. The lowest BCUT2D eigenvalue weighted by Gasteiger charge is -2.27. The average molecular weight is 573 g/mol. The number of hydrogen-bond donors (Lipinski definition) is 2. The van der Waals surface area contributed by atoms with Crippen molar-refractivity contribution >= 4 is 41.7 Å². The third-order valence-corrected chi connectivity index (χ3v) is 5.88. The molecule has 0 aliphatic carbocycles. The Hall–Kier alpha value is -1.36. The summed E-state index contributed by atoms with van der Waals surface area (Å²) in [5, 5.41) is 6.73. The summed E-state index contributed by atoms with van der Waals surface area (Å²) >= 11 is 1.69. The van der Waals surface area contributed by atoms with Crippen LogP contribution >= 0.6 is 35.7 Å². The maximum atomic E-state index is 13.6. The van der Waals surface area contributed by atoms with E-state index in [4.69, 9.17) is 9.73 Å². The second-order valence-corrected chi connectivity index (χ2v) is 8.42. The van der Waals surface area contributed by atoms with E-state index < -0.39 is 0 Å². The smallest absolute Gasteiger partial charge is 0.191 e. The molecule has 0 unspecified atom stereocenters.